The first-order chi connectivity index (χ1) is 20.6. The smallest absolute Gasteiger partial charge is 0.227 e. The number of aromatic nitrogens is 4. The average Bonchev–Trinajstić information content (AvgIpc) is 3.71. The lowest BCUT2D eigenvalue weighted by Gasteiger charge is -2.31. The largest absolute Gasteiger partial charge is 0.493 e. The predicted molar refractivity (Wildman–Crippen MR) is 160 cm³/mol. The molecule has 2 aromatic heterocycles. The lowest BCUT2D eigenvalue weighted by molar-refractivity contribution is 0.243. The quantitative estimate of drug-likeness (QED) is 0.290. The maximum absolute atomic E-state index is 9.98. The molecule has 220 valence electrons. The monoisotopic (exact) mass is 571 g/mol. The molecular formula is C31H37N7O4. The zero-order chi connectivity index (χ0) is 29.1. The number of fused-ring (bicyclic) bond motifs is 1. The minimum Gasteiger partial charge on any atom is -0.493 e. The van der Waals surface area contributed by atoms with Gasteiger partial charge in [0.05, 0.1) is 51.6 Å². The third kappa shape index (κ3) is 5.57. The van der Waals surface area contributed by atoms with Crippen LogP contribution in [-0.4, -0.2) is 76.6 Å². The van der Waals surface area contributed by atoms with Gasteiger partial charge in [0, 0.05) is 50.3 Å². The van der Waals surface area contributed by atoms with Gasteiger partial charge in [0.1, 0.15) is 18.0 Å². The average molecular weight is 572 g/mol. The van der Waals surface area contributed by atoms with E-state index in [9.17, 15) is 5.11 Å². The molecule has 2 aromatic carbocycles. The highest BCUT2D eigenvalue weighted by Crippen LogP contribution is 2.39. The molecule has 42 heavy (non-hydrogen) atoms. The molecule has 0 bridgehead atoms. The highest BCUT2D eigenvalue weighted by molar-refractivity contribution is 5.62. The van der Waals surface area contributed by atoms with Crippen LogP contribution in [-0.2, 0) is 19.5 Å². The Morgan fingerprint density at radius 1 is 1.00 bits per heavy atom. The van der Waals surface area contributed by atoms with Gasteiger partial charge in [-0.3, -0.25) is 4.90 Å². The van der Waals surface area contributed by atoms with Gasteiger partial charge in [-0.05, 0) is 18.4 Å². The van der Waals surface area contributed by atoms with Gasteiger partial charge in [0.15, 0.2) is 11.5 Å². The Balaban J connectivity index is 1.32. The van der Waals surface area contributed by atoms with Crippen LogP contribution in [0.4, 0.5) is 17.6 Å². The molecule has 2 N–H and O–H groups in total. The molecule has 1 saturated heterocycles. The number of hydrogen-bond donors (Lipinski definition) is 2. The summed E-state index contributed by atoms with van der Waals surface area (Å²) in [4.78, 5) is 19.2. The van der Waals surface area contributed by atoms with Crippen molar-refractivity contribution in [2.24, 2.45) is 0 Å². The number of aliphatic hydroxyl groups excluding tert-OH is 1. The predicted octanol–water partition coefficient (Wildman–Crippen LogP) is 3.95. The highest BCUT2D eigenvalue weighted by Gasteiger charge is 2.30. The van der Waals surface area contributed by atoms with Gasteiger partial charge in [-0.2, -0.15) is 4.98 Å². The number of anilines is 3. The van der Waals surface area contributed by atoms with Gasteiger partial charge in [-0.1, -0.05) is 30.3 Å². The number of benzene rings is 2. The molecule has 2 aliphatic heterocycles. The highest BCUT2D eigenvalue weighted by atomic mass is 16.5. The Morgan fingerprint density at radius 2 is 1.79 bits per heavy atom. The molecule has 11 nitrogen and oxygen atoms in total. The topological polar surface area (TPSA) is 110 Å². The van der Waals surface area contributed by atoms with E-state index in [1.807, 2.05) is 29.0 Å². The second-order valence-corrected chi connectivity index (χ2v) is 10.6. The number of ether oxygens (including phenoxy) is 3. The standard InChI is InChI=1S/C31H37N7O4/c1-40-26-14-23(15-27(41-2)29(26)42-3)37-18-28(32-20-37)34-30-24-17-36(16-21-8-5-4-6-9-21)13-11-25(24)33-31(35-30)38-12-7-10-22(38)19-39/h4-6,8-9,14-15,18,20,22,39H,7,10-13,16-17,19H2,1-3H3,(H,33,34,35)/t22-/m0/s1. The molecule has 0 radical (unpaired) electrons. The molecular weight excluding hydrogens is 534 g/mol. The first kappa shape index (κ1) is 27.8. The van der Waals surface area contributed by atoms with Crippen LogP contribution in [0.2, 0.25) is 0 Å². The molecule has 0 unspecified atom stereocenters. The van der Waals surface area contributed by atoms with E-state index in [-0.39, 0.29) is 12.6 Å². The zero-order valence-electron chi connectivity index (χ0n) is 24.3. The fraction of sp³-hybridized carbons (Fsp3) is 0.387. The van der Waals surface area contributed by atoms with Crippen LogP contribution < -0.4 is 24.4 Å². The van der Waals surface area contributed by atoms with E-state index >= 15 is 0 Å². The first-order valence-electron chi connectivity index (χ1n) is 14.2. The summed E-state index contributed by atoms with van der Waals surface area (Å²) in [5.74, 6) is 3.71. The van der Waals surface area contributed by atoms with Gasteiger partial charge in [-0.15, -0.1) is 0 Å². The van der Waals surface area contributed by atoms with Crippen LogP contribution in [0.25, 0.3) is 5.69 Å². The summed E-state index contributed by atoms with van der Waals surface area (Å²) in [6.45, 7) is 3.42. The normalized spacial score (nSPS) is 16.8. The Morgan fingerprint density at radius 3 is 2.50 bits per heavy atom. The van der Waals surface area contributed by atoms with Gasteiger partial charge in [0.2, 0.25) is 11.7 Å². The molecule has 0 spiro atoms. The molecule has 0 aliphatic carbocycles. The summed E-state index contributed by atoms with van der Waals surface area (Å²) < 4.78 is 18.4. The van der Waals surface area contributed by atoms with Crippen LogP contribution in [0, 0.1) is 0 Å². The summed E-state index contributed by atoms with van der Waals surface area (Å²) in [7, 11) is 4.78. The van der Waals surface area contributed by atoms with Crippen LogP contribution in [0.15, 0.2) is 55.0 Å². The molecule has 1 fully saturated rings. The van der Waals surface area contributed by atoms with Gasteiger partial charge >= 0.3 is 0 Å². The Hall–Kier alpha value is -4.35. The Labute approximate surface area is 245 Å². The molecule has 11 heteroatoms. The maximum atomic E-state index is 9.98. The number of nitrogens with one attached hydrogen (secondary N) is 1. The van der Waals surface area contributed by atoms with Gasteiger partial charge in [0.25, 0.3) is 0 Å². The van der Waals surface area contributed by atoms with E-state index in [0.717, 1.165) is 68.2 Å². The van der Waals surface area contributed by atoms with E-state index in [4.69, 9.17) is 24.2 Å². The van der Waals surface area contributed by atoms with Crippen LogP contribution in [0.3, 0.4) is 0 Å². The summed E-state index contributed by atoms with van der Waals surface area (Å²) in [6, 6.07) is 14.3. The number of rotatable bonds is 10. The Bertz CT molecular complexity index is 1500. The first-order valence-corrected chi connectivity index (χ1v) is 14.2. The number of hydrogen-bond acceptors (Lipinski definition) is 10. The summed E-state index contributed by atoms with van der Waals surface area (Å²) in [5.41, 5.74) is 4.20. The van der Waals surface area contributed by atoms with E-state index in [0.29, 0.717) is 29.0 Å². The van der Waals surface area contributed by atoms with Crippen molar-refractivity contribution in [2.45, 2.75) is 38.4 Å². The SMILES string of the molecule is COc1cc(-n2cnc(Nc3nc(N4CCC[C@H]4CO)nc4c3CN(Cc3ccccc3)CC4)c2)cc(OC)c1OC. The molecule has 1 atom stereocenters. The van der Waals surface area contributed by atoms with Crippen LogP contribution in [0.5, 0.6) is 17.2 Å². The van der Waals surface area contributed by atoms with Crippen molar-refractivity contribution >= 4 is 17.6 Å². The van der Waals surface area contributed by atoms with Crippen molar-refractivity contribution in [3.63, 3.8) is 0 Å². The van der Waals surface area contributed by atoms with Crippen LogP contribution in [0.1, 0.15) is 29.7 Å². The number of nitrogens with zero attached hydrogens (tertiary/aromatic N) is 6. The van der Waals surface area contributed by atoms with Crippen molar-refractivity contribution in [1.29, 1.82) is 0 Å². The summed E-state index contributed by atoms with van der Waals surface area (Å²) in [6.07, 6.45) is 6.42. The number of methoxy groups -OCH3 is 3. The maximum Gasteiger partial charge on any atom is 0.227 e. The van der Waals surface area contributed by atoms with E-state index < -0.39 is 0 Å². The third-order valence-electron chi connectivity index (χ3n) is 8.00. The van der Waals surface area contributed by atoms with Crippen molar-refractivity contribution < 1.29 is 19.3 Å². The minimum atomic E-state index is 0.0355. The minimum absolute atomic E-state index is 0.0355. The molecule has 0 amide bonds. The van der Waals surface area contributed by atoms with E-state index in [1.54, 1.807) is 27.7 Å². The van der Waals surface area contributed by atoms with E-state index in [2.05, 4.69) is 44.4 Å². The van der Waals surface area contributed by atoms with Crippen molar-refractivity contribution in [3.05, 3.63) is 71.8 Å². The van der Waals surface area contributed by atoms with Gasteiger partial charge in [-0.25, -0.2) is 9.97 Å². The molecule has 0 saturated carbocycles. The van der Waals surface area contributed by atoms with Crippen molar-refractivity contribution in [2.75, 3.05) is 51.2 Å². The fourth-order valence-corrected chi connectivity index (χ4v) is 5.82. The van der Waals surface area contributed by atoms with Crippen molar-refractivity contribution in [3.8, 4) is 22.9 Å². The summed E-state index contributed by atoms with van der Waals surface area (Å²) in [5, 5.41) is 13.5. The van der Waals surface area contributed by atoms with E-state index in [1.165, 1.54) is 5.56 Å². The molecule has 2 aliphatic rings. The zero-order valence-corrected chi connectivity index (χ0v) is 24.3. The van der Waals surface area contributed by atoms with Gasteiger partial charge < -0.3 is 34.1 Å². The Kier molecular flexibility index (Phi) is 8.11. The number of imidazole rings is 1. The molecule has 4 heterocycles. The second kappa shape index (κ2) is 12.3. The fourth-order valence-electron chi connectivity index (χ4n) is 5.82. The molecule has 6 rings (SSSR count). The third-order valence-corrected chi connectivity index (χ3v) is 8.00. The second-order valence-electron chi connectivity index (χ2n) is 10.6. The lowest BCUT2D eigenvalue weighted by atomic mass is 10.0. The lowest BCUT2D eigenvalue weighted by Crippen LogP contribution is -2.36. The summed E-state index contributed by atoms with van der Waals surface area (Å²) >= 11 is 0. The molecule has 4 aromatic rings. The van der Waals surface area contributed by atoms with Crippen LogP contribution >= 0.6 is 0 Å². The number of aliphatic hydroxyl groups is 1. The van der Waals surface area contributed by atoms with Crippen molar-refractivity contribution in [1.82, 2.24) is 24.4 Å².